The average molecular weight is 222 g/mol. The Morgan fingerprint density at radius 3 is 2.62 bits per heavy atom. The first-order valence-corrected chi connectivity index (χ1v) is 7.13. The maximum Gasteiger partial charge on any atom is 0.0462 e. The summed E-state index contributed by atoms with van der Waals surface area (Å²) in [7, 11) is 0. The van der Waals surface area contributed by atoms with Gasteiger partial charge in [-0.05, 0) is 66.6 Å². The monoisotopic (exact) mass is 222 g/mol. The highest BCUT2D eigenvalue weighted by molar-refractivity contribution is 5.13. The molecule has 3 aliphatic carbocycles. The molecule has 3 rings (SSSR count). The predicted octanol–water partition coefficient (Wildman–Crippen LogP) is 3.47. The summed E-state index contributed by atoms with van der Waals surface area (Å²) in [4.78, 5) is 0. The van der Waals surface area contributed by atoms with Crippen LogP contribution in [0.5, 0.6) is 0 Å². The zero-order valence-electron chi connectivity index (χ0n) is 11.0. The van der Waals surface area contributed by atoms with Gasteiger partial charge in [-0.25, -0.2) is 0 Å². The summed E-state index contributed by atoms with van der Waals surface area (Å²) in [5, 5.41) is 9.57. The van der Waals surface area contributed by atoms with Crippen molar-refractivity contribution in [1.82, 2.24) is 0 Å². The van der Waals surface area contributed by atoms with Gasteiger partial charge in [0.2, 0.25) is 0 Å². The van der Waals surface area contributed by atoms with E-state index in [9.17, 15) is 5.11 Å². The molecular weight excluding hydrogens is 196 g/mol. The highest BCUT2D eigenvalue weighted by atomic mass is 16.3. The molecule has 0 aromatic carbocycles. The fourth-order valence-electron chi connectivity index (χ4n) is 5.89. The first-order chi connectivity index (χ1) is 7.52. The Labute approximate surface area is 99.6 Å². The van der Waals surface area contributed by atoms with Crippen LogP contribution in [0.3, 0.4) is 0 Å². The minimum Gasteiger partial charge on any atom is -0.396 e. The minimum atomic E-state index is 0.422. The number of hydrogen-bond acceptors (Lipinski definition) is 1. The fourth-order valence-corrected chi connectivity index (χ4v) is 5.89. The molecule has 5 atom stereocenters. The molecule has 0 aromatic rings. The molecule has 3 fully saturated rings. The Bertz CT molecular complexity index is 296. The molecule has 1 heteroatoms. The topological polar surface area (TPSA) is 20.2 Å². The van der Waals surface area contributed by atoms with E-state index in [0.717, 1.165) is 17.8 Å². The normalized spacial score (nSPS) is 54.0. The third kappa shape index (κ3) is 1.11. The van der Waals surface area contributed by atoms with Crippen LogP contribution in [-0.2, 0) is 0 Å². The Balaban J connectivity index is 2.00. The Morgan fingerprint density at radius 1 is 1.19 bits per heavy atom. The van der Waals surface area contributed by atoms with Crippen LogP contribution >= 0.6 is 0 Å². The van der Waals surface area contributed by atoms with Crippen molar-refractivity contribution >= 4 is 0 Å². The third-order valence-electron chi connectivity index (χ3n) is 6.80. The van der Waals surface area contributed by atoms with Crippen LogP contribution in [-0.4, -0.2) is 11.7 Å². The fraction of sp³-hybridized carbons (Fsp3) is 1.00. The minimum absolute atomic E-state index is 0.422. The third-order valence-corrected chi connectivity index (χ3v) is 6.80. The number of hydrogen-bond donors (Lipinski definition) is 1. The SMILES string of the molecule is CC1CCC2C(C)(C)C3CC12CCC3CO. The van der Waals surface area contributed by atoms with Crippen LogP contribution in [0.4, 0.5) is 0 Å². The molecule has 1 N–H and O–H groups in total. The van der Waals surface area contributed by atoms with Crippen molar-refractivity contribution in [1.29, 1.82) is 0 Å². The van der Waals surface area contributed by atoms with Crippen LogP contribution in [0, 0.1) is 34.5 Å². The first-order valence-electron chi connectivity index (χ1n) is 7.13. The zero-order chi connectivity index (χ0) is 11.6. The van der Waals surface area contributed by atoms with Gasteiger partial charge in [-0.1, -0.05) is 20.8 Å². The predicted molar refractivity (Wildman–Crippen MR) is 66.0 cm³/mol. The van der Waals surface area contributed by atoms with E-state index in [1.54, 1.807) is 0 Å². The Hall–Kier alpha value is -0.0400. The van der Waals surface area contributed by atoms with E-state index in [0.29, 0.717) is 23.4 Å². The van der Waals surface area contributed by atoms with Gasteiger partial charge in [0.15, 0.2) is 0 Å². The second-order valence-electron chi connectivity index (χ2n) is 7.38. The van der Waals surface area contributed by atoms with Gasteiger partial charge in [0, 0.05) is 6.61 Å². The maximum atomic E-state index is 9.57. The quantitative estimate of drug-likeness (QED) is 0.720. The summed E-state index contributed by atoms with van der Waals surface area (Å²) < 4.78 is 0. The molecule has 3 saturated carbocycles. The first kappa shape index (κ1) is 11.1. The van der Waals surface area contributed by atoms with E-state index >= 15 is 0 Å². The van der Waals surface area contributed by atoms with E-state index in [1.165, 1.54) is 32.1 Å². The molecule has 3 aliphatic rings. The number of aliphatic hydroxyl groups excluding tert-OH is 1. The zero-order valence-corrected chi connectivity index (χ0v) is 11.0. The van der Waals surface area contributed by atoms with Crippen LogP contribution in [0.15, 0.2) is 0 Å². The van der Waals surface area contributed by atoms with Crippen LogP contribution in [0.2, 0.25) is 0 Å². The lowest BCUT2D eigenvalue weighted by molar-refractivity contribution is 0.0622. The van der Waals surface area contributed by atoms with Gasteiger partial charge < -0.3 is 5.11 Å². The molecule has 0 radical (unpaired) electrons. The van der Waals surface area contributed by atoms with Crippen molar-refractivity contribution in [3.8, 4) is 0 Å². The van der Waals surface area contributed by atoms with Gasteiger partial charge >= 0.3 is 0 Å². The lowest BCUT2D eigenvalue weighted by Gasteiger charge is -2.40. The van der Waals surface area contributed by atoms with E-state index in [4.69, 9.17) is 0 Å². The molecule has 2 bridgehead atoms. The summed E-state index contributed by atoms with van der Waals surface area (Å²) in [6, 6.07) is 0. The number of fused-ring (bicyclic) bond motifs is 1. The molecule has 0 aliphatic heterocycles. The summed E-state index contributed by atoms with van der Waals surface area (Å²) in [6.07, 6.45) is 6.99. The van der Waals surface area contributed by atoms with Crippen molar-refractivity contribution in [2.24, 2.45) is 34.5 Å². The summed E-state index contributed by atoms with van der Waals surface area (Å²) in [6.45, 7) is 7.87. The Morgan fingerprint density at radius 2 is 1.94 bits per heavy atom. The molecule has 1 nitrogen and oxygen atoms in total. The second kappa shape index (κ2) is 3.25. The van der Waals surface area contributed by atoms with Crippen LogP contribution in [0.1, 0.15) is 52.9 Å². The molecule has 5 unspecified atom stereocenters. The standard InChI is InChI=1S/C15H26O/c1-10-4-5-13-14(2,3)12-8-15(10,13)7-6-11(12)9-16/h10-13,16H,4-9H2,1-3H3. The van der Waals surface area contributed by atoms with Crippen molar-refractivity contribution < 1.29 is 5.11 Å². The summed E-state index contributed by atoms with van der Waals surface area (Å²) >= 11 is 0. The van der Waals surface area contributed by atoms with Crippen molar-refractivity contribution in [3.63, 3.8) is 0 Å². The van der Waals surface area contributed by atoms with Gasteiger partial charge in [-0.15, -0.1) is 0 Å². The van der Waals surface area contributed by atoms with Crippen LogP contribution < -0.4 is 0 Å². The molecule has 1 spiro atoms. The lowest BCUT2D eigenvalue weighted by Crippen LogP contribution is -2.33. The highest BCUT2D eigenvalue weighted by Crippen LogP contribution is 2.72. The van der Waals surface area contributed by atoms with Crippen molar-refractivity contribution in [2.45, 2.75) is 52.9 Å². The summed E-state index contributed by atoms with van der Waals surface area (Å²) in [5.41, 5.74) is 1.15. The molecule has 0 aromatic heterocycles. The molecule has 92 valence electrons. The number of aliphatic hydroxyl groups is 1. The largest absolute Gasteiger partial charge is 0.396 e. The lowest BCUT2D eigenvalue weighted by atomic mass is 9.65. The van der Waals surface area contributed by atoms with Gasteiger partial charge in [0.25, 0.3) is 0 Å². The molecule has 0 heterocycles. The van der Waals surface area contributed by atoms with E-state index in [-0.39, 0.29) is 0 Å². The number of rotatable bonds is 1. The van der Waals surface area contributed by atoms with E-state index in [2.05, 4.69) is 20.8 Å². The molecule has 0 saturated heterocycles. The molecule has 16 heavy (non-hydrogen) atoms. The van der Waals surface area contributed by atoms with Crippen molar-refractivity contribution in [3.05, 3.63) is 0 Å². The Kier molecular flexibility index (Phi) is 2.25. The summed E-state index contributed by atoms with van der Waals surface area (Å²) in [5.74, 6) is 3.26. The average Bonchev–Trinajstić information content (AvgIpc) is 2.65. The van der Waals surface area contributed by atoms with E-state index in [1.807, 2.05) is 0 Å². The van der Waals surface area contributed by atoms with Crippen molar-refractivity contribution in [2.75, 3.05) is 6.61 Å². The van der Waals surface area contributed by atoms with Gasteiger partial charge in [0.1, 0.15) is 0 Å². The van der Waals surface area contributed by atoms with Gasteiger partial charge in [0.05, 0.1) is 0 Å². The van der Waals surface area contributed by atoms with E-state index < -0.39 is 0 Å². The van der Waals surface area contributed by atoms with Crippen LogP contribution in [0.25, 0.3) is 0 Å². The molecule has 0 amide bonds. The molecular formula is C15H26O. The van der Waals surface area contributed by atoms with Gasteiger partial charge in [-0.2, -0.15) is 0 Å². The maximum absolute atomic E-state index is 9.57. The second-order valence-corrected chi connectivity index (χ2v) is 7.38. The van der Waals surface area contributed by atoms with Gasteiger partial charge in [-0.3, -0.25) is 0 Å². The smallest absolute Gasteiger partial charge is 0.0462 e. The highest BCUT2D eigenvalue weighted by Gasteiger charge is 2.64.